The van der Waals surface area contributed by atoms with Gasteiger partial charge in [0.05, 0.1) is 13.2 Å². The van der Waals surface area contributed by atoms with Gasteiger partial charge in [-0.05, 0) is 33.6 Å². The summed E-state index contributed by atoms with van der Waals surface area (Å²) in [5, 5.41) is 19.4. The molecule has 0 saturated heterocycles. The van der Waals surface area contributed by atoms with Gasteiger partial charge < -0.3 is 26.2 Å². The molecule has 1 aromatic carbocycles. The summed E-state index contributed by atoms with van der Waals surface area (Å²) in [7, 11) is 5.60. The molecular formula is C15H31N3O2. The molecule has 1 rings (SSSR count). The molecule has 0 bridgehead atoms. The van der Waals surface area contributed by atoms with Crippen LogP contribution in [-0.2, 0) is 6.54 Å². The fraction of sp³-hybridized carbons (Fsp3) is 0.600. The molecule has 20 heavy (non-hydrogen) atoms. The number of nitrogens with zero attached hydrogens (tertiary/aromatic N) is 1. The van der Waals surface area contributed by atoms with Crippen molar-refractivity contribution in [1.29, 1.82) is 0 Å². The first-order valence-electron chi connectivity index (χ1n) is 6.80. The van der Waals surface area contributed by atoms with E-state index >= 15 is 0 Å². The van der Waals surface area contributed by atoms with E-state index in [9.17, 15) is 0 Å². The normalized spacial score (nSPS) is 9.40. The van der Waals surface area contributed by atoms with E-state index in [4.69, 9.17) is 15.9 Å². The van der Waals surface area contributed by atoms with Crippen molar-refractivity contribution in [3.8, 4) is 0 Å². The Labute approximate surface area is 123 Å². The minimum atomic E-state index is 0.163. The number of likely N-dealkylation sites (N-methyl/N-ethyl adjacent to an activating group) is 1. The van der Waals surface area contributed by atoms with Gasteiger partial charge in [0.2, 0.25) is 0 Å². The molecule has 0 amide bonds. The molecule has 118 valence electrons. The summed E-state index contributed by atoms with van der Waals surface area (Å²) >= 11 is 0. The number of aliphatic hydroxyl groups is 2. The van der Waals surface area contributed by atoms with Gasteiger partial charge >= 0.3 is 0 Å². The molecule has 0 radical (unpaired) electrons. The zero-order valence-corrected chi connectivity index (χ0v) is 13.3. The van der Waals surface area contributed by atoms with E-state index in [2.05, 4.69) is 36.5 Å². The van der Waals surface area contributed by atoms with Crippen molar-refractivity contribution < 1.29 is 10.2 Å². The van der Waals surface area contributed by atoms with Crippen LogP contribution in [0.2, 0.25) is 0 Å². The van der Waals surface area contributed by atoms with Crippen molar-refractivity contribution in [2.75, 3.05) is 47.4 Å². The summed E-state index contributed by atoms with van der Waals surface area (Å²) in [6.45, 7) is 4.31. The van der Waals surface area contributed by atoms with Crippen molar-refractivity contribution in [3.63, 3.8) is 0 Å². The molecule has 0 aliphatic heterocycles. The van der Waals surface area contributed by atoms with Crippen LogP contribution in [-0.4, -0.2) is 62.6 Å². The Balaban J connectivity index is 0. The highest BCUT2D eigenvalue weighted by molar-refractivity contribution is 5.20. The number of aryl methyl sites for hydroxylation is 1. The minimum Gasteiger partial charge on any atom is -0.395 e. The second-order valence-electron chi connectivity index (χ2n) is 4.44. The van der Waals surface area contributed by atoms with Crippen molar-refractivity contribution in [1.82, 2.24) is 10.2 Å². The standard InChI is InChI=1S/C8H11N.C5H13NO2.C2H7N/c1-7-2-4-8(6-9)5-3-7;1-6(2-4-7)3-5-8;1-3-2/h2-5H,6,9H2,1H3;7-8H,2-5H2,1H3;3H,1-2H3. The van der Waals surface area contributed by atoms with Crippen LogP contribution in [0.15, 0.2) is 24.3 Å². The first kappa shape index (κ1) is 21.3. The quantitative estimate of drug-likeness (QED) is 0.621. The number of hydrogen-bond donors (Lipinski definition) is 4. The lowest BCUT2D eigenvalue weighted by Gasteiger charge is -2.11. The fourth-order valence-corrected chi connectivity index (χ4v) is 1.18. The predicted octanol–water partition coefficient (Wildman–Crippen LogP) is 0.192. The fourth-order valence-electron chi connectivity index (χ4n) is 1.18. The number of rotatable bonds is 5. The Morgan fingerprint density at radius 1 is 1.05 bits per heavy atom. The average Bonchev–Trinajstić information content (AvgIpc) is 2.42. The van der Waals surface area contributed by atoms with Crippen molar-refractivity contribution in [2.24, 2.45) is 5.73 Å². The topological polar surface area (TPSA) is 81.8 Å². The molecule has 0 saturated carbocycles. The lowest BCUT2D eigenvalue weighted by atomic mass is 10.2. The van der Waals surface area contributed by atoms with Crippen LogP contribution in [0.1, 0.15) is 11.1 Å². The summed E-state index contributed by atoms with van der Waals surface area (Å²) in [6.07, 6.45) is 0. The molecule has 0 heterocycles. The predicted molar refractivity (Wildman–Crippen MR) is 85.7 cm³/mol. The minimum absolute atomic E-state index is 0.163. The van der Waals surface area contributed by atoms with Crippen molar-refractivity contribution in [2.45, 2.75) is 13.5 Å². The van der Waals surface area contributed by atoms with Gasteiger partial charge in [0, 0.05) is 19.6 Å². The highest BCUT2D eigenvalue weighted by Gasteiger charge is 1.91. The third-order valence-corrected chi connectivity index (χ3v) is 2.32. The highest BCUT2D eigenvalue weighted by atomic mass is 16.3. The summed E-state index contributed by atoms with van der Waals surface area (Å²) in [4.78, 5) is 1.86. The summed E-state index contributed by atoms with van der Waals surface area (Å²) in [5.41, 5.74) is 7.88. The van der Waals surface area contributed by atoms with E-state index < -0.39 is 0 Å². The molecule has 0 unspecified atom stereocenters. The van der Waals surface area contributed by atoms with E-state index in [1.165, 1.54) is 11.1 Å². The van der Waals surface area contributed by atoms with Gasteiger partial charge in [-0.2, -0.15) is 0 Å². The van der Waals surface area contributed by atoms with Crippen LogP contribution in [0.3, 0.4) is 0 Å². The second kappa shape index (κ2) is 16.1. The molecule has 0 aromatic heterocycles. The number of hydrogen-bond acceptors (Lipinski definition) is 5. The SMILES string of the molecule is CN(CCO)CCO.CNC.Cc1ccc(CN)cc1. The summed E-state index contributed by atoms with van der Waals surface area (Å²) in [6, 6.07) is 8.25. The lowest BCUT2D eigenvalue weighted by Crippen LogP contribution is -2.25. The first-order valence-corrected chi connectivity index (χ1v) is 6.80. The van der Waals surface area contributed by atoms with Gasteiger partial charge in [-0.1, -0.05) is 29.8 Å². The Kier molecular flexibility index (Phi) is 17.1. The maximum Gasteiger partial charge on any atom is 0.0558 e. The van der Waals surface area contributed by atoms with Crippen LogP contribution in [0.4, 0.5) is 0 Å². The van der Waals surface area contributed by atoms with E-state index in [1.807, 2.05) is 26.0 Å². The Bertz CT molecular complexity index is 286. The van der Waals surface area contributed by atoms with Gasteiger partial charge in [0.1, 0.15) is 0 Å². The van der Waals surface area contributed by atoms with Crippen LogP contribution in [0, 0.1) is 6.92 Å². The zero-order chi connectivity index (χ0) is 15.8. The molecule has 0 aliphatic rings. The van der Waals surface area contributed by atoms with Crippen molar-refractivity contribution >= 4 is 0 Å². The molecular weight excluding hydrogens is 254 g/mol. The second-order valence-corrected chi connectivity index (χ2v) is 4.44. The Hall–Kier alpha value is -0.980. The van der Waals surface area contributed by atoms with Crippen LogP contribution in [0.5, 0.6) is 0 Å². The van der Waals surface area contributed by atoms with Crippen molar-refractivity contribution in [3.05, 3.63) is 35.4 Å². The van der Waals surface area contributed by atoms with Gasteiger partial charge in [0.15, 0.2) is 0 Å². The number of benzene rings is 1. The molecule has 0 spiro atoms. The molecule has 5 nitrogen and oxygen atoms in total. The Morgan fingerprint density at radius 2 is 1.45 bits per heavy atom. The smallest absolute Gasteiger partial charge is 0.0558 e. The Morgan fingerprint density at radius 3 is 1.75 bits per heavy atom. The van der Waals surface area contributed by atoms with Gasteiger partial charge in [0.25, 0.3) is 0 Å². The van der Waals surface area contributed by atoms with Gasteiger partial charge in [-0.3, -0.25) is 0 Å². The van der Waals surface area contributed by atoms with E-state index in [0.717, 1.165) is 0 Å². The van der Waals surface area contributed by atoms with Gasteiger partial charge in [-0.25, -0.2) is 0 Å². The zero-order valence-electron chi connectivity index (χ0n) is 13.3. The largest absolute Gasteiger partial charge is 0.395 e. The van der Waals surface area contributed by atoms with E-state index in [1.54, 1.807) is 0 Å². The molecule has 5 N–H and O–H groups in total. The number of nitrogens with two attached hydrogens (primary N) is 1. The molecule has 0 aliphatic carbocycles. The lowest BCUT2D eigenvalue weighted by molar-refractivity contribution is 0.184. The molecule has 5 heteroatoms. The van der Waals surface area contributed by atoms with E-state index in [0.29, 0.717) is 19.6 Å². The maximum absolute atomic E-state index is 8.34. The summed E-state index contributed by atoms with van der Waals surface area (Å²) in [5.74, 6) is 0. The summed E-state index contributed by atoms with van der Waals surface area (Å²) < 4.78 is 0. The van der Waals surface area contributed by atoms with E-state index in [-0.39, 0.29) is 13.2 Å². The number of aliphatic hydroxyl groups excluding tert-OH is 2. The maximum atomic E-state index is 8.34. The number of nitrogens with one attached hydrogen (secondary N) is 1. The van der Waals surface area contributed by atoms with Crippen LogP contribution >= 0.6 is 0 Å². The van der Waals surface area contributed by atoms with Crippen LogP contribution < -0.4 is 11.1 Å². The highest BCUT2D eigenvalue weighted by Crippen LogP contribution is 2.00. The van der Waals surface area contributed by atoms with Gasteiger partial charge in [-0.15, -0.1) is 0 Å². The third-order valence-electron chi connectivity index (χ3n) is 2.32. The average molecular weight is 285 g/mol. The van der Waals surface area contributed by atoms with Crippen LogP contribution in [0.25, 0.3) is 0 Å². The first-order chi connectivity index (χ1) is 9.55. The molecule has 0 atom stereocenters. The molecule has 0 fully saturated rings. The monoisotopic (exact) mass is 285 g/mol. The third kappa shape index (κ3) is 15.1. The molecule has 1 aromatic rings.